The van der Waals surface area contributed by atoms with E-state index in [-0.39, 0.29) is 11.7 Å². The van der Waals surface area contributed by atoms with E-state index in [1.165, 1.54) is 25.7 Å². The maximum atomic E-state index is 13.0. The molecule has 2 aliphatic rings. The highest BCUT2D eigenvalue weighted by atomic mass is 16.3. The summed E-state index contributed by atoms with van der Waals surface area (Å²) in [4.78, 5) is 19.9. The summed E-state index contributed by atoms with van der Waals surface area (Å²) >= 11 is 0. The number of carbonyl (C=O) groups is 1. The third-order valence-electron chi connectivity index (χ3n) is 7.53. The Labute approximate surface area is 202 Å². The number of rotatable bonds is 5. The molecule has 8 heteroatoms. The number of hydrogen-bond donors (Lipinski definition) is 2. The fraction of sp³-hybridized carbons (Fsp3) is 0.500. The van der Waals surface area contributed by atoms with E-state index in [1.807, 2.05) is 42.8 Å². The highest BCUT2D eigenvalue weighted by Gasteiger charge is 2.28. The van der Waals surface area contributed by atoms with Gasteiger partial charge in [0.2, 0.25) is 5.91 Å². The molecule has 1 saturated carbocycles. The number of nitrogens with one attached hydrogen (secondary N) is 1. The van der Waals surface area contributed by atoms with Gasteiger partial charge in [0, 0.05) is 43.4 Å². The Morgan fingerprint density at radius 1 is 1.09 bits per heavy atom. The van der Waals surface area contributed by atoms with Gasteiger partial charge in [0.25, 0.3) is 0 Å². The second kappa shape index (κ2) is 10.1. The molecule has 1 aliphatic heterocycles. The number of likely N-dealkylation sites (tertiary alicyclic amines) is 1. The maximum absolute atomic E-state index is 13.0. The molecule has 5 rings (SSSR count). The molecule has 2 fully saturated rings. The van der Waals surface area contributed by atoms with Crippen LogP contribution in [0.1, 0.15) is 51.4 Å². The van der Waals surface area contributed by atoms with E-state index in [2.05, 4.69) is 15.3 Å². The van der Waals surface area contributed by atoms with Crippen molar-refractivity contribution in [3.05, 3.63) is 36.5 Å². The number of benzene rings is 1. The van der Waals surface area contributed by atoms with E-state index < -0.39 is 0 Å². The molecule has 1 aromatic carbocycles. The quantitative estimate of drug-likeness (QED) is 0.453. The van der Waals surface area contributed by atoms with Gasteiger partial charge in [0.15, 0.2) is 5.65 Å². The number of phenols is 1. The van der Waals surface area contributed by atoms with E-state index in [4.69, 9.17) is 4.98 Å². The number of anilines is 1. The van der Waals surface area contributed by atoms with Crippen molar-refractivity contribution in [3.8, 4) is 17.0 Å². The van der Waals surface area contributed by atoms with Gasteiger partial charge in [-0.3, -0.25) is 4.79 Å². The van der Waals surface area contributed by atoms with Crippen LogP contribution >= 0.6 is 0 Å². The van der Waals surface area contributed by atoms with Crippen LogP contribution in [0.4, 0.5) is 5.82 Å². The van der Waals surface area contributed by atoms with Crippen LogP contribution in [-0.2, 0) is 4.79 Å². The Hall–Kier alpha value is -3.03. The molecular formula is C26H34BN5O2. The topological polar surface area (TPSA) is 82.8 Å². The highest BCUT2D eigenvalue weighted by Crippen LogP contribution is 2.30. The summed E-state index contributed by atoms with van der Waals surface area (Å²) in [7, 11) is 1.99. The summed E-state index contributed by atoms with van der Waals surface area (Å²) < 4.78 is 1.84. The summed E-state index contributed by atoms with van der Waals surface area (Å²) in [6.45, 7) is 2.54. The third-order valence-corrected chi connectivity index (χ3v) is 7.53. The summed E-state index contributed by atoms with van der Waals surface area (Å²) in [5.74, 6) is 2.23. The van der Waals surface area contributed by atoms with Crippen molar-refractivity contribution in [2.75, 3.05) is 25.0 Å². The van der Waals surface area contributed by atoms with Gasteiger partial charge >= 0.3 is 0 Å². The lowest BCUT2D eigenvalue weighted by Crippen LogP contribution is -2.42. The zero-order valence-electron chi connectivity index (χ0n) is 20.0. The lowest BCUT2D eigenvalue weighted by molar-refractivity contribution is -0.137. The SMILES string of the molecule is Bc1cnn2c(NCC3CCN(C(=O)C4CCCCCC4)CC3)cc(-c3ccccc3O)nc12. The van der Waals surface area contributed by atoms with Crippen molar-refractivity contribution < 1.29 is 9.90 Å². The van der Waals surface area contributed by atoms with Gasteiger partial charge in [0.05, 0.1) is 5.69 Å². The average molecular weight is 459 g/mol. The van der Waals surface area contributed by atoms with E-state index in [0.717, 1.165) is 67.9 Å². The third kappa shape index (κ3) is 4.77. The first-order valence-electron chi connectivity index (χ1n) is 12.8. The molecule has 3 aromatic rings. The molecule has 1 amide bonds. The number of amides is 1. The molecule has 1 saturated heterocycles. The first-order valence-corrected chi connectivity index (χ1v) is 12.8. The normalized spacial score (nSPS) is 18.2. The van der Waals surface area contributed by atoms with Crippen LogP contribution in [0.3, 0.4) is 0 Å². The number of carbonyl (C=O) groups excluding carboxylic acids is 1. The van der Waals surface area contributed by atoms with Crippen LogP contribution in [0.15, 0.2) is 36.5 Å². The monoisotopic (exact) mass is 459 g/mol. The van der Waals surface area contributed by atoms with Crippen molar-refractivity contribution in [2.24, 2.45) is 11.8 Å². The number of aromatic hydroxyl groups is 1. The lowest BCUT2D eigenvalue weighted by atomic mass is 9.93. The molecule has 0 bridgehead atoms. The number of piperidine rings is 1. The maximum Gasteiger partial charge on any atom is 0.225 e. The molecule has 178 valence electrons. The minimum absolute atomic E-state index is 0.216. The van der Waals surface area contributed by atoms with Crippen LogP contribution in [0.5, 0.6) is 5.75 Å². The predicted octanol–water partition coefficient (Wildman–Crippen LogP) is 2.98. The zero-order valence-corrected chi connectivity index (χ0v) is 20.0. The summed E-state index contributed by atoms with van der Waals surface area (Å²) in [5.41, 5.74) is 3.21. The molecular weight excluding hydrogens is 425 g/mol. The molecule has 2 aromatic heterocycles. The van der Waals surface area contributed by atoms with Crippen LogP contribution in [0.25, 0.3) is 16.9 Å². The first kappa shape index (κ1) is 22.8. The fourth-order valence-corrected chi connectivity index (χ4v) is 5.42. The van der Waals surface area contributed by atoms with Crippen molar-refractivity contribution in [2.45, 2.75) is 51.4 Å². The first-order chi connectivity index (χ1) is 16.6. The van der Waals surface area contributed by atoms with Crippen molar-refractivity contribution >= 4 is 30.7 Å². The van der Waals surface area contributed by atoms with Crippen molar-refractivity contribution in [1.29, 1.82) is 0 Å². The Morgan fingerprint density at radius 3 is 2.56 bits per heavy atom. The standard InChI is InChI=1S/C26H34BN5O2/c27-21-17-29-32-24(15-22(30-25(21)32)20-9-5-6-10-23(20)33)28-16-18-11-13-31(14-12-18)26(34)19-7-3-1-2-4-8-19/h5-6,9-10,15,17-19,28,33H,1-4,7-8,11-14,16,27H2. The molecule has 0 unspecified atom stereocenters. The second-order valence-electron chi connectivity index (χ2n) is 9.94. The molecule has 3 heterocycles. The summed E-state index contributed by atoms with van der Waals surface area (Å²) in [6.07, 6.45) is 11.0. The van der Waals surface area contributed by atoms with E-state index in [9.17, 15) is 9.90 Å². The number of fused-ring (bicyclic) bond motifs is 1. The van der Waals surface area contributed by atoms with Crippen molar-refractivity contribution in [3.63, 3.8) is 0 Å². The largest absolute Gasteiger partial charge is 0.507 e. The number of aromatic nitrogens is 3. The highest BCUT2D eigenvalue weighted by molar-refractivity contribution is 6.36. The van der Waals surface area contributed by atoms with Gasteiger partial charge < -0.3 is 15.3 Å². The van der Waals surface area contributed by atoms with Crippen LogP contribution in [-0.4, -0.2) is 58.0 Å². The Kier molecular flexibility index (Phi) is 6.74. The van der Waals surface area contributed by atoms with Gasteiger partial charge in [0.1, 0.15) is 19.4 Å². The van der Waals surface area contributed by atoms with Crippen LogP contribution in [0.2, 0.25) is 0 Å². The van der Waals surface area contributed by atoms with Crippen molar-refractivity contribution in [1.82, 2.24) is 19.5 Å². The van der Waals surface area contributed by atoms with E-state index in [1.54, 1.807) is 6.07 Å². The summed E-state index contributed by atoms with van der Waals surface area (Å²) in [6, 6.07) is 9.24. The number of phenolic OH excluding ortho intramolecular Hbond substituents is 1. The Morgan fingerprint density at radius 2 is 1.82 bits per heavy atom. The van der Waals surface area contributed by atoms with Crippen LogP contribution < -0.4 is 10.8 Å². The molecule has 1 aliphatic carbocycles. The van der Waals surface area contributed by atoms with Gasteiger partial charge in [-0.2, -0.15) is 9.61 Å². The van der Waals surface area contributed by atoms with Gasteiger partial charge in [-0.05, 0) is 49.2 Å². The van der Waals surface area contributed by atoms with E-state index in [0.29, 0.717) is 17.4 Å². The minimum atomic E-state index is 0.216. The number of hydrogen-bond acceptors (Lipinski definition) is 5. The molecule has 0 spiro atoms. The fourth-order valence-electron chi connectivity index (χ4n) is 5.42. The second-order valence-corrected chi connectivity index (χ2v) is 9.94. The number of para-hydroxylation sites is 1. The predicted molar refractivity (Wildman–Crippen MR) is 137 cm³/mol. The lowest BCUT2D eigenvalue weighted by Gasteiger charge is -2.34. The zero-order chi connectivity index (χ0) is 23.5. The smallest absolute Gasteiger partial charge is 0.225 e. The molecule has 0 radical (unpaired) electrons. The Bertz CT molecular complexity index is 1150. The average Bonchev–Trinajstić information content (AvgIpc) is 3.06. The van der Waals surface area contributed by atoms with Gasteiger partial charge in [-0.25, -0.2) is 4.98 Å². The molecule has 0 atom stereocenters. The minimum Gasteiger partial charge on any atom is -0.507 e. The van der Waals surface area contributed by atoms with Gasteiger partial charge in [-0.1, -0.05) is 37.8 Å². The summed E-state index contributed by atoms with van der Waals surface area (Å²) in [5, 5.41) is 18.4. The van der Waals surface area contributed by atoms with Gasteiger partial charge in [-0.15, -0.1) is 0 Å². The molecule has 7 nitrogen and oxygen atoms in total. The molecule has 2 N–H and O–H groups in total. The Balaban J connectivity index is 1.25. The van der Waals surface area contributed by atoms with Crippen LogP contribution in [0, 0.1) is 11.8 Å². The van der Waals surface area contributed by atoms with E-state index >= 15 is 0 Å². The number of nitrogens with zero attached hydrogens (tertiary/aromatic N) is 4. The molecule has 34 heavy (non-hydrogen) atoms.